The van der Waals surface area contributed by atoms with Crippen LogP contribution in [0.3, 0.4) is 0 Å². The minimum absolute atomic E-state index is 0.880. The van der Waals surface area contributed by atoms with Gasteiger partial charge in [-0.15, -0.1) is 0 Å². The van der Waals surface area contributed by atoms with Gasteiger partial charge in [-0.3, -0.25) is 4.98 Å². The Morgan fingerprint density at radius 1 is 0.818 bits per heavy atom. The molecule has 2 aromatic carbocycles. The Labute approximate surface area is 129 Å². The first-order valence-corrected chi connectivity index (χ1v) is 7.33. The number of nitrogens with zero attached hydrogens (tertiary/aromatic N) is 1. The Morgan fingerprint density at radius 2 is 1.45 bits per heavy atom. The summed E-state index contributed by atoms with van der Waals surface area (Å²) in [6.45, 7) is 2.08. The molecule has 0 bridgehead atoms. The summed E-state index contributed by atoms with van der Waals surface area (Å²) >= 11 is 0. The second-order valence-corrected chi connectivity index (χ2v) is 5.35. The molecule has 0 saturated carbocycles. The van der Waals surface area contributed by atoms with Crippen LogP contribution in [-0.2, 0) is 0 Å². The Kier molecular flexibility index (Phi) is 3.01. The molecule has 0 aliphatic rings. The zero-order chi connectivity index (χ0) is 14.9. The van der Waals surface area contributed by atoms with E-state index in [2.05, 4.69) is 36.2 Å². The summed E-state index contributed by atoms with van der Waals surface area (Å²) in [5, 5.41) is 1.07. The molecule has 0 unspecified atom stereocenters. The first-order valence-electron chi connectivity index (χ1n) is 7.33. The number of aromatic nitrogens is 1. The Morgan fingerprint density at radius 3 is 2.14 bits per heavy atom. The number of pyridine rings is 1. The summed E-state index contributed by atoms with van der Waals surface area (Å²) in [6.07, 6.45) is 1.91. The highest BCUT2D eigenvalue weighted by Gasteiger charge is 2.13. The molecule has 4 aromatic rings. The second-order valence-electron chi connectivity index (χ2n) is 5.35. The van der Waals surface area contributed by atoms with Crippen molar-refractivity contribution in [1.29, 1.82) is 0 Å². The van der Waals surface area contributed by atoms with Gasteiger partial charge < -0.3 is 4.42 Å². The summed E-state index contributed by atoms with van der Waals surface area (Å²) in [4.78, 5) is 4.58. The largest absolute Gasteiger partial charge is 0.456 e. The smallest absolute Gasteiger partial charge is 0.138 e. The zero-order valence-electron chi connectivity index (χ0n) is 12.3. The third-order valence-electron chi connectivity index (χ3n) is 3.93. The van der Waals surface area contributed by atoms with E-state index in [0.29, 0.717) is 0 Å². The van der Waals surface area contributed by atoms with Crippen molar-refractivity contribution in [3.8, 4) is 22.6 Å². The summed E-state index contributed by atoms with van der Waals surface area (Å²) in [5.41, 5.74) is 5.14. The average Bonchev–Trinajstić information content (AvgIpc) is 2.93. The molecule has 0 fully saturated rings. The van der Waals surface area contributed by atoms with Crippen molar-refractivity contribution in [2.75, 3.05) is 0 Å². The molecular weight excluding hydrogens is 270 g/mol. The van der Waals surface area contributed by atoms with Crippen molar-refractivity contribution >= 4 is 11.0 Å². The summed E-state index contributed by atoms with van der Waals surface area (Å²) in [6, 6.07) is 22.4. The van der Waals surface area contributed by atoms with Crippen molar-refractivity contribution in [3.63, 3.8) is 0 Å². The second kappa shape index (κ2) is 5.15. The molecule has 2 heterocycles. The van der Waals surface area contributed by atoms with Crippen LogP contribution in [0, 0.1) is 6.92 Å². The van der Waals surface area contributed by atoms with Crippen LogP contribution in [0.2, 0.25) is 0 Å². The minimum Gasteiger partial charge on any atom is -0.456 e. The van der Waals surface area contributed by atoms with Gasteiger partial charge in [0.05, 0.1) is 5.69 Å². The fraction of sp³-hybridized carbons (Fsp3) is 0.0500. The highest BCUT2D eigenvalue weighted by Crippen LogP contribution is 2.34. The van der Waals surface area contributed by atoms with Crippen molar-refractivity contribution < 1.29 is 4.42 Å². The molecule has 106 valence electrons. The predicted octanol–water partition coefficient (Wildman–Crippen LogP) is 5.47. The number of hydrogen-bond acceptors (Lipinski definition) is 2. The molecule has 0 N–H and O–H groups in total. The fourth-order valence-electron chi connectivity index (χ4n) is 2.74. The zero-order valence-corrected chi connectivity index (χ0v) is 12.3. The number of benzene rings is 2. The number of aryl methyl sites for hydroxylation is 1. The van der Waals surface area contributed by atoms with Gasteiger partial charge in [0.1, 0.15) is 11.3 Å². The lowest BCUT2D eigenvalue weighted by atomic mass is 10.1. The van der Waals surface area contributed by atoms with Gasteiger partial charge in [-0.25, -0.2) is 0 Å². The van der Waals surface area contributed by atoms with Crippen LogP contribution >= 0.6 is 0 Å². The van der Waals surface area contributed by atoms with E-state index in [1.54, 1.807) is 0 Å². The van der Waals surface area contributed by atoms with E-state index < -0.39 is 0 Å². The first kappa shape index (κ1) is 12.8. The molecular formula is C20H15NO. The predicted molar refractivity (Wildman–Crippen MR) is 89.6 cm³/mol. The number of furan rings is 1. The van der Waals surface area contributed by atoms with Gasteiger partial charge in [0.25, 0.3) is 0 Å². The monoisotopic (exact) mass is 285 g/mol. The molecule has 2 aromatic heterocycles. The van der Waals surface area contributed by atoms with Gasteiger partial charge in [-0.1, -0.05) is 60.7 Å². The van der Waals surface area contributed by atoms with Crippen molar-refractivity contribution in [2.45, 2.75) is 6.92 Å². The van der Waals surface area contributed by atoms with E-state index >= 15 is 0 Å². The van der Waals surface area contributed by atoms with Crippen LogP contribution < -0.4 is 0 Å². The maximum atomic E-state index is 6.11. The first-order chi connectivity index (χ1) is 10.8. The maximum Gasteiger partial charge on any atom is 0.138 e. The molecule has 0 atom stereocenters. The molecule has 2 heteroatoms. The summed E-state index contributed by atoms with van der Waals surface area (Å²) in [7, 11) is 0. The average molecular weight is 285 g/mol. The van der Waals surface area contributed by atoms with Gasteiger partial charge >= 0.3 is 0 Å². The van der Waals surface area contributed by atoms with E-state index in [0.717, 1.165) is 39.1 Å². The standard InChI is InChI=1S/C20H15NO/c1-14-17-13-21-18(15-8-4-2-5-9-15)12-19(17)22-20(14)16-10-6-3-7-11-16/h2-13H,1H3. The van der Waals surface area contributed by atoms with Gasteiger partial charge in [-0.05, 0) is 6.92 Å². The molecule has 0 aliphatic carbocycles. The van der Waals surface area contributed by atoms with Gasteiger partial charge in [-0.2, -0.15) is 0 Å². The lowest BCUT2D eigenvalue weighted by Gasteiger charge is -1.99. The molecule has 22 heavy (non-hydrogen) atoms. The number of hydrogen-bond donors (Lipinski definition) is 0. The Hall–Kier alpha value is -2.87. The normalized spacial score (nSPS) is 11.0. The van der Waals surface area contributed by atoms with E-state index in [1.165, 1.54) is 0 Å². The van der Waals surface area contributed by atoms with Crippen molar-refractivity contribution in [1.82, 2.24) is 4.98 Å². The molecule has 0 saturated heterocycles. The Balaban J connectivity index is 1.88. The highest BCUT2D eigenvalue weighted by atomic mass is 16.3. The van der Waals surface area contributed by atoms with Crippen LogP contribution in [0.4, 0.5) is 0 Å². The van der Waals surface area contributed by atoms with Crippen LogP contribution in [-0.4, -0.2) is 4.98 Å². The van der Waals surface area contributed by atoms with Gasteiger partial charge in [0, 0.05) is 34.3 Å². The highest BCUT2D eigenvalue weighted by molar-refractivity contribution is 5.89. The third kappa shape index (κ3) is 2.09. The molecule has 0 spiro atoms. The van der Waals surface area contributed by atoms with Crippen LogP contribution in [0.1, 0.15) is 5.56 Å². The van der Waals surface area contributed by atoms with Gasteiger partial charge in [0.15, 0.2) is 0 Å². The topological polar surface area (TPSA) is 26.0 Å². The molecule has 0 amide bonds. The van der Waals surface area contributed by atoms with Crippen LogP contribution in [0.25, 0.3) is 33.6 Å². The SMILES string of the molecule is Cc1c(-c2ccccc2)oc2cc(-c3ccccc3)ncc12. The van der Waals surface area contributed by atoms with Crippen LogP contribution in [0.15, 0.2) is 77.3 Å². The summed E-state index contributed by atoms with van der Waals surface area (Å²) in [5.74, 6) is 0.919. The van der Waals surface area contributed by atoms with E-state index in [9.17, 15) is 0 Å². The fourth-order valence-corrected chi connectivity index (χ4v) is 2.74. The lowest BCUT2D eigenvalue weighted by Crippen LogP contribution is -1.82. The quantitative estimate of drug-likeness (QED) is 0.488. The molecule has 0 aliphatic heterocycles. The molecule has 0 radical (unpaired) electrons. The third-order valence-corrected chi connectivity index (χ3v) is 3.93. The lowest BCUT2D eigenvalue weighted by molar-refractivity contribution is 0.629. The number of fused-ring (bicyclic) bond motifs is 1. The van der Waals surface area contributed by atoms with E-state index in [4.69, 9.17) is 4.42 Å². The van der Waals surface area contributed by atoms with Crippen LogP contribution in [0.5, 0.6) is 0 Å². The number of rotatable bonds is 2. The maximum absolute atomic E-state index is 6.11. The van der Waals surface area contributed by atoms with Crippen molar-refractivity contribution in [3.05, 3.63) is 78.5 Å². The molecule has 2 nitrogen and oxygen atoms in total. The van der Waals surface area contributed by atoms with Gasteiger partial charge in [0.2, 0.25) is 0 Å². The van der Waals surface area contributed by atoms with Crippen molar-refractivity contribution in [2.24, 2.45) is 0 Å². The Bertz CT molecular complexity index is 924. The molecule has 4 rings (SSSR count). The van der Waals surface area contributed by atoms with E-state index in [-0.39, 0.29) is 0 Å². The minimum atomic E-state index is 0.880. The van der Waals surface area contributed by atoms with E-state index in [1.807, 2.05) is 48.7 Å². The summed E-state index contributed by atoms with van der Waals surface area (Å²) < 4.78 is 6.11.